The molecule has 0 spiro atoms. The third-order valence-corrected chi connectivity index (χ3v) is 4.97. The van der Waals surface area contributed by atoms with Gasteiger partial charge in [0, 0.05) is 48.3 Å². The van der Waals surface area contributed by atoms with Gasteiger partial charge in [-0.1, -0.05) is 6.07 Å². The van der Waals surface area contributed by atoms with Gasteiger partial charge in [0.25, 0.3) is 11.8 Å². The molecule has 0 radical (unpaired) electrons. The minimum absolute atomic E-state index is 0.0222. The number of aromatic nitrogens is 1. The zero-order valence-corrected chi connectivity index (χ0v) is 14.3. The summed E-state index contributed by atoms with van der Waals surface area (Å²) in [6.07, 6.45) is 5.83. The Morgan fingerprint density at radius 3 is 2.67 bits per heavy atom. The number of hydrogen-bond donors (Lipinski definition) is 1. The molecule has 0 unspecified atom stereocenters. The molecule has 1 saturated heterocycles. The number of carbonyl (C=O) groups excluding carboxylic acids is 2. The Morgan fingerprint density at radius 2 is 1.92 bits per heavy atom. The maximum Gasteiger partial charge on any atom is 0.253 e. The number of rotatable bonds is 5. The van der Waals surface area contributed by atoms with E-state index in [1.807, 2.05) is 11.0 Å². The monoisotopic (exact) mass is 343 g/mol. The zero-order chi connectivity index (χ0) is 16.8. The summed E-state index contributed by atoms with van der Waals surface area (Å²) in [5, 5.41) is 2.90. The van der Waals surface area contributed by atoms with Gasteiger partial charge in [-0.2, -0.15) is 0 Å². The lowest BCUT2D eigenvalue weighted by Crippen LogP contribution is -2.35. The molecule has 5 nitrogen and oxygen atoms in total. The van der Waals surface area contributed by atoms with Gasteiger partial charge in [0.05, 0.1) is 0 Å². The van der Waals surface area contributed by atoms with Crippen molar-refractivity contribution in [3.8, 4) is 0 Å². The summed E-state index contributed by atoms with van der Waals surface area (Å²) >= 11 is 1.44. The van der Waals surface area contributed by atoms with E-state index in [1.165, 1.54) is 18.0 Å². The first-order valence-electron chi connectivity index (χ1n) is 8.31. The molecular formula is C18H21N3O2S. The Morgan fingerprint density at radius 1 is 1.12 bits per heavy atom. The van der Waals surface area contributed by atoms with Crippen LogP contribution in [0, 0.1) is 0 Å². The molecule has 6 heteroatoms. The molecular weight excluding hydrogens is 322 g/mol. The Balaban J connectivity index is 1.59. The first-order chi connectivity index (χ1) is 11.7. The van der Waals surface area contributed by atoms with E-state index in [4.69, 9.17) is 0 Å². The molecule has 0 atom stereocenters. The molecule has 24 heavy (non-hydrogen) atoms. The van der Waals surface area contributed by atoms with Crippen LogP contribution in [0.15, 0.2) is 36.5 Å². The number of hydrogen-bond acceptors (Lipinski definition) is 4. The number of piperidine rings is 1. The van der Waals surface area contributed by atoms with E-state index in [2.05, 4.69) is 9.69 Å². The average Bonchev–Trinajstić information content (AvgIpc) is 3.15. The molecule has 3 rings (SSSR count). The lowest BCUT2D eigenvalue weighted by Gasteiger charge is -2.26. The molecule has 1 aliphatic rings. The van der Waals surface area contributed by atoms with Crippen LogP contribution >= 0.6 is 11.5 Å². The van der Waals surface area contributed by atoms with Crippen molar-refractivity contribution < 1.29 is 9.59 Å². The van der Waals surface area contributed by atoms with Gasteiger partial charge in [0.15, 0.2) is 0 Å². The highest BCUT2D eigenvalue weighted by molar-refractivity contribution is 7.05. The van der Waals surface area contributed by atoms with E-state index in [1.54, 1.807) is 30.5 Å². The fourth-order valence-corrected chi connectivity index (χ4v) is 3.42. The van der Waals surface area contributed by atoms with E-state index < -0.39 is 0 Å². The van der Waals surface area contributed by atoms with E-state index >= 15 is 0 Å². The predicted molar refractivity (Wildman–Crippen MR) is 94.3 cm³/mol. The van der Waals surface area contributed by atoms with Crippen molar-refractivity contribution in [2.75, 3.05) is 19.6 Å². The normalized spacial score (nSPS) is 14.4. The van der Waals surface area contributed by atoms with Crippen LogP contribution in [0.5, 0.6) is 0 Å². The molecule has 0 saturated carbocycles. The molecule has 2 amide bonds. The average molecular weight is 343 g/mol. The molecule has 2 heterocycles. The molecule has 1 aliphatic heterocycles. The fraction of sp³-hybridized carbons (Fsp3) is 0.389. The van der Waals surface area contributed by atoms with Crippen LogP contribution in [0.25, 0.3) is 0 Å². The van der Waals surface area contributed by atoms with Gasteiger partial charge in [0.2, 0.25) is 0 Å². The van der Waals surface area contributed by atoms with Crippen molar-refractivity contribution in [1.29, 1.82) is 0 Å². The second kappa shape index (κ2) is 8.06. The minimum atomic E-state index is -0.146. The summed E-state index contributed by atoms with van der Waals surface area (Å²) in [4.78, 5) is 27.8. The van der Waals surface area contributed by atoms with Crippen LogP contribution in [-0.2, 0) is 6.42 Å². The van der Waals surface area contributed by atoms with Crippen molar-refractivity contribution >= 4 is 23.3 Å². The van der Waals surface area contributed by atoms with E-state index in [9.17, 15) is 9.59 Å². The highest BCUT2D eigenvalue weighted by Gasteiger charge is 2.19. The molecule has 1 aromatic carbocycles. The van der Waals surface area contributed by atoms with Crippen LogP contribution in [0.1, 0.15) is 44.9 Å². The summed E-state index contributed by atoms with van der Waals surface area (Å²) in [6.45, 7) is 2.18. The third kappa shape index (κ3) is 4.20. The van der Waals surface area contributed by atoms with E-state index in [0.717, 1.165) is 37.2 Å². The maximum absolute atomic E-state index is 12.5. The number of amides is 2. The van der Waals surface area contributed by atoms with Gasteiger partial charge in [-0.3, -0.25) is 9.59 Å². The van der Waals surface area contributed by atoms with Crippen molar-refractivity contribution in [3.05, 3.63) is 52.5 Å². The molecule has 1 fully saturated rings. The van der Waals surface area contributed by atoms with Crippen molar-refractivity contribution in [2.45, 2.75) is 25.7 Å². The van der Waals surface area contributed by atoms with Crippen LogP contribution in [0.2, 0.25) is 0 Å². The summed E-state index contributed by atoms with van der Waals surface area (Å²) in [7, 11) is 0. The molecule has 0 aliphatic carbocycles. The summed E-state index contributed by atoms with van der Waals surface area (Å²) in [6, 6.07) is 8.95. The summed E-state index contributed by atoms with van der Waals surface area (Å²) in [5.41, 5.74) is 1.12. The highest BCUT2D eigenvalue weighted by atomic mass is 32.1. The molecule has 126 valence electrons. The van der Waals surface area contributed by atoms with E-state index in [0.29, 0.717) is 17.7 Å². The van der Waals surface area contributed by atoms with Crippen LogP contribution in [-0.4, -0.2) is 40.7 Å². The van der Waals surface area contributed by atoms with Crippen LogP contribution in [0.4, 0.5) is 0 Å². The summed E-state index contributed by atoms with van der Waals surface area (Å²) < 4.78 is 4.04. The topological polar surface area (TPSA) is 62.3 Å². The van der Waals surface area contributed by atoms with Gasteiger partial charge in [-0.15, -0.1) is 0 Å². The molecule has 1 N–H and O–H groups in total. The first kappa shape index (κ1) is 16.6. The smallest absolute Gasteiger partial charge is 0.253 e. The number of nitrogens with zero attached hydrogens (tertiary/aromatic N) is 2. The van der Waals surface area contributed by atoms with Gasteiger partial charge in [-0.25, -0.2) is 4.37 Å². The quantitative estimate of drug-likeness (QED) is 0.908. The zero-order valence-electron chi connectivity index (χ0n) is 13.5. The number of nitrogens with one attached hydrogen (secondary N) is 1. The molecule has 1 aromatic heterocycles. The lowest BCUT2D eigenvalue weighted by molar-refractivity contribution is 0.0724. The largest absolute Gasteiger partial charge is 0.352 e. The Labute approximate surface area is 145 Å². The first-order valence-corrected chi connectivity index (χ1v) is 9.08. The summed E-state index contributed by atoms with van der Waals surface area (Å²) in [5.74, 6) is -0.123. The van der Waals surface area contributed by atoms with Gasteiger partial charge < -0.3 is 10.2 Å². The Kier molecular flexibility index (Phi) is 5.59. The van der Waals surface area contributed by atoms with Crippen molar-refractivity contribution in [1.82, 2.24) is 14.6 Å². The van der Waals surface area contributed by atoms with Gasteiger partial charge >= 0.3 is 0 Å². The Bertz CT molecular complexity index is 694. The lowest BCUT2D eigenvalue weighted by atomic mass is 10.1. The predicted octanol–water partition coefficient (Wildman–Crippen LogP) is 2.74. The number of carbonyl (C=O) groups is 2. The standard InChI is InChI=1S/C18H21N3O2S/c22-17(19-9-7-16-8-10-20-24-16)14-5-4-6-15(13-14)18(23)21-11-2-1-3-12-21/h4-6,8,10,13H,1-3,7,9,11-12H2,(H,19,22). The van der Waals surface area contributed by atoms with Crippen LogP contribution < -0.4 is 5.32 Å². The van der Waals surface area contributed by atoms with Crippen LogP contribution in [0.3, 0.4) is 0 Å². The number of likely N-dealkylation sites (tertiary alicyclic amines) is 1. The second-order valence-electron chi connectivity index (χ2n) is 5.92. The molecule has 2 aromatic rings. The van der Waals surface area contributed by atoms with Gasteiger partial charge in [-0.05, 0) is 55.1 Å². The Hall–Kier alpha value is -2.21. The van der Waals surface area contributed by atoms with Crippen molar-refractivity contribution in [2.24, 2.45) is 0 Å². The highest BCUT2D eigenvalue weighted by Crippen LogP contribution is 2.14. The molecule has 0 bridgehead atoms. The second-order valence-corrected chi connectivity index (χ2v) is 6.84. The maximum atomic E-state index is 12.5. The van der Waals surface area contributed by atoms with Gasteiger partial charge in [0.1, 0.15) is 0 Å². The minimum Gasteiger partial charge on any atom is -0.352 e. The number of benzene rings is 1. The fourth-order valence-electron chi connectivity index (χ4n) is 2.85. The third-order valence-electron chi connectivity index (χ3n) is 4.16. The SMILES string of the molecule is O=C(NCCc1ccns1)c1cccc(C(=O)N2CCCCC2)c1. The van der Waals surface area contributed by atoms with Crippen molar-refractivity contribution in [3.63, 3.8) is 0 Å². The van der Waals surface area contributed by atoms with E-state index in [-0.39, 0.29) is 11.8 Å².